The summed E-state index contributed by atoms with van der Waals surface area (Å²) in [6.45, 7) is 6.89. The lowest BCUT2D eigenvalue weighted by atomic mass is 10.1. The van der Waals surface area contributed by atoms with Crippen LogP contribution >= 0.6 is 0 Å². The first-order valence-corrected chi connectivity index (χ1v) is 7.18. The molecule has 106 valence electrons. The van der Waals surface area contributed by atoms with Gasteiger partial charge in [0.2, 0.25) is 5.88 Å². The van der Waals surface area contributed by atoms with Gasteiger partial charge in [0.15, 0.2) is 0 Å². The van der Waals surface area contributed by atoms with Gasteiger partial charge in [0, 0.05) is 12.1 Å². The highest BCUT2D eigenvalue weighted by Crippen LogP contribution is 2.20. The van der Waals surface area contributed by atoms with Crippen molar-refractivity contribution >= 4 is 5.82 Å². The van der Waals surface area contributed by atoms with E-state index < -0.39 is 0 Å². The molecule has 0 aliphatic carbocycles. The molecule has 0 spiro atoms. The lowest BCUT2D eigenvalue weighted by Crippen LogP contribution is -2.08. The summed E-state index contributed by atoms with van der Waals surface area (Å²) in [6.07, 6.45) is 1.07. The molecule has 1 aromatic heterocycles. The summed E-state index contributed by atoms with van der Waals surface area (Å²) in [6, 6.07) is 14.7. The van der Waals surface area contributed by atoms with Gasteiger partial charge in [-0.05, 0) is 37.5 Å². The second-order valence-electron chi connectivity index (χ2n) is 4.76. The van der Waals surface area contributed by atoms with Gasteiger partial charge < -0.3 is 10.1 Å². The Morgan fingerprint density at radius 1 is 1.10 bits per heavy atom. The number of ether oxygens (including phenoxy) is 1. The highest BCUT2D eigenvalue weighted by molar-refractivity contribution is 5.40. The first-order valence-electron chi connectivity index (χ1n) is 7.18. The number of aryl methyl sites for hydroxylation is 1. The largest absolute Gasteiger partial charge is 0.478 e. The number of rotatable bonds is 6. The van der Waals surface area contributed by atoms with E-state index in [1.54, 1.807) is 0 Å². The second-order valence-corrected chi connectivity index (χ2v) is 4.76. The molecule has 0 saturated carbocycles. The number of hydrogen-bond donors (Lipinski definition) is 1. The van der Waals surface area contributed by atoms with Gasteiger partial charge in [0.25, 0.3) is 0 Å². The topological polar surface area (TPSA) is 34.1 Å². The quantitative estimate of drug-likeness (QED) is 0.853. The molecule has 2 rings (SSSR count). The summed E-state index contributed by atoms with van der Waals surface area (Å²) in [5.74, 6) is 1.49. The van der Waals surface area contributed by atoms with Crippen molar-refractivity contribution in [3.8, 4) is 5.88 Å². The lowest BCUT2D eigenvalue weighted by Gasteiger charge is -2.16. The minimum atomic E-state index is 0.213. The van der Waals surface area contributed by atoms with Gasteiger partial charge in [0.1, 0.15) is 5.82 Å². The Balaban J connectivity index is 2.06. The third-order valence-electron chi connectivity index (χ3n) is 3.27. The third kappa shape index (κ3) is 3.73. The van der Waals surface area contributed by atoms with Crippen molar-refractivity contribution in [1.29, 1.82) is 0 Å². The molecular weight excluding hydrogens is 248 g/mol. The Bertz CT molecular complexity index is 537. The van der Waals surface area contributed by atoms with Gasteiger partial charge in [-0.1, -0.05) is 37.3 Å². The summed E-state index contributed by atoms with van der Waals surface area (Å²) < 4.78 is 5.41. The predicted octanol–water partition coefficient (Wildman–Crippen LogP) is 4.22. The summed E-state index contributed by atoms with van der Waals surface area (Å²) in [5, 5.41) is 3.40. The maximum absolute atomic E-state index is 5.41. The van der Waals surface area contributed by atoms with E-state index in [1.807, 2.05) is 25.1 Å². The Hall–Kier alpha value is -2.03. The van der Waals surface area contributed by atoms with Crippen molar-refractivity contribution in [3.05, 3.63) is 53.6 Å². The molecule has 1 unspecified atom stereocenters. The van der Waals surface area contributed by atoms with Crippen LogP contribution < -0.4 is 10.1 Å². The first kappa shape index (κ1) is 14.4. The molecule has 1 atom stereocenters. The zero-order valence-corrected chi connectivity index (χ0v) is 12.4. The van der Waals surface area contributed by atoms with Crippen LogP contribution in [-0.4, -0.2) is 11.6 Å². The molecule has 20 heavy (non-hydrogen) atoms. The van der Waals surface area contributed by atoms with E-state index in [9.17, 15) is 0 Å². The van der Waals surface area contributed by atoms with Crippen LogP contribution in [0.2, 0.25) is 0 Å². The molecule has 0 aliphatic heterocycles. The number of anilines is 1. The van der Waals surface area contributed by atoms with E-state index in [-0.39, 0.29) is 6.04 Å². The van der Waals surface area contributed by atoms with Crippen molar-refractivity contribution < 1.29 is 4.74 Å². The highest BCUT2D eigenvalue weighted by Gasteiger charge is 2.06. The normalized spacial score (nSPS) is 11.9. The molecular formula is C17H22N2O. The SMILES string of the molecule is CCOc1cccc(NC(C)c2ccc(CC)cc2)n1. The van der Waals surface area contributed by atoms with E-state index in [0.29, 0.717) is 12.5 Å². The van der Waals surface area contributed by atoms with Crippen LogP contribution in [0.5, 0.6) is 5.88 Å². The fourth-order valence-corrected chi connectivity index (χ4v) is 2.07. The van der Waals surface area contributed by atoms with Gasteiger partial charge in [-0.2, -0.15) is 4.98 Å². The number of nitrogens with one attached hydrogen (secondary N) is 1. The van der Waals surface area contributed by atoms with Gasteiger partial charge in [-0.3, -0.25) is 0 Å². The van der Waals surface area contributed by atoms with E-state index >= 15 is 0 Å². The minimum absolute atomic E-state index is 0.213. The van der Waals surface area contributed by atoms with Gasteiger partial charge in [-0.25, -0.2) is 0 Å². The van der Waals surface area contributed by atoms with Crippen LogP contribution in [0.15, 0.2) is 42.5 Å². The molecule has 0 fully saturated rings. The molecule has 0 aliphatic rings. The molecule has 3 heteroatoms. The Labute approximate surface area is 121 Å². The Morgan fingerprint density at radius 2 is 1.85 bits per heavy atom. The average molecular weight is 270 g/mol. The number of aromatic nitrogens is 1. The summed E-state index contributed by atoms with van der Waals surface area (Å²) >= 11 is 0. The number of pyridine rings is 1. The predicted molar refractivity (Wildman–Crippen MR) is 83.3 cm³/mol. The minimum Gasteiger partial charge on any atom is -0.478 e. The summed E-state index contributed by atoms with van der Waals surface area (Å²) in [5.41, 5.74) is 2.61. The van der Waals surface area contributed by atoms with Gasteiger partial charge in [0.05, 0.1) is 6.61 Å². The Morgan fingerprint density at radius 3 is 2.50 bits per heavy atom. The van der Waals surface area contributed by atoms with Gasteiger partial charge in [-0.15, -0.1) is 0 Å². The first-order chi connectivity index (χ1) is 9.72. The molecule has 0 radical (unpaired) electrons. The summed E-state index contributed by atoms with van der Waals surface area (Å²) in [4.78, 5) is 4.43. The van der Waals surface area contributed by atoms with Crippen LogP contribution in [0.3, 0.4) is 0 Å². The monoisotopic (exact) mass is 270 g/mol. The smallest absolute Gasteiger partial charge is 0.215 e. The zero-order valence-electron chi connectivity index (χ0n) is 12.4. The molecule has 3 nitrogen and oxygen atoms in total. The maximum Gasteiger partial charge on any atom is 0.215 e. The van der Waals surface area contributed by atoms with E-state index in [1.165, 1.54) is 11.1 Å². The van der Waals surface area contributed by atoms with Crippen molar-refractivity contribution in [3.63, 3.8) is 0 Å². The van der Waals surface area contributed by atoms with Gasteiger partial charge >= 0.3 is 0 Å². The Kier molecular flexibility index (Phi) is 4.99. The van der Waals surface area contributed by atoms with Crippen molar-refractivity contribution in [2.45, 2.75) is 33.2 Å². The van der Waals surface area contributed by atoms with Crippen LogP contribution in [0.25, 0.3) is 0 Å². The third-order valence-corrected chi connectivity index (χ3v) is 3.27. The average Bonchev–Trinajstić information content (AvgIpc) is 2.48. The van der Waals surface area contributed by atoms with E-state index in [0.717, 1.165) is 12.2 Å². The van der Waals surface area contributed by atoms with Crippen molar-refractivity contribution in [1.82, 2.24) is 4.98 Å². The molecule has 1 N–H and O–H groups in total. The highest BCUT2D eigenvalue weighted by atomic mass is 16.5. The molecule has 2 aromatic rings. The molecule has 0 amide bonds. The number of benzene rings is 1. The zero-order chi connectivity index (χ0) is 14.4. The summed E-state index contributed by atoms with van der Waals surface area (Å²) in [7, 11) is 0. The molecule has 0 bridgehead atoms. The van der Waals surface area contributed by atoms with Crippen LogP contribution in [0.1, 0.15) is 37.9 Å². The maximum atomic E-state index is 5.41. The van der Waals surface area contributed by atoms with E-state index in [2.05, 4.69) is 48.4 Å². The van der Waals surface area contributed by atoms with Crippen LogP contribution in [0, 0.1) is 0 Å². The van der Waals surface area contributed by atoms with Crippen LogP contribution in [0.4, 0.5) is 5.82 Å². The number of hydrogen-bond acceptors (Lipinski definition) is 3. The van der Waals surface area contributed by atoms with Crippen molar-refractivity contribution in [2.24, 2.45) is 0 Å². The van der Waals surface area contributed by atoms with Crippen LogP contribution in [-0.2, 0) is 6.42 Å². The molecule has 0 saturated heterocycles. The molecule has 1 aromatic carbocycles. The van der Waals surface area contributed by atoms with E-state index in [4.69, 9.17) is 4.74 Å². The fraction of sp³-hybridized carbons (Fsp3) is 0.353. The second kappa shape index (κ2) is 6.94. The fourth-order valence-electron chi connectivity index (χ4n) is 2.07. The molecule has 1 heterocycles. The lowest BCUT2D eigenvalue weighted by molar-refractivity contribution is 0.327. The number of nitrogens with zero attached hydrogens (tertiary/aromatic N) is 1. The van der Waals surface area contributed by atoms with Crippen molar-refractivity contribution in [2.75, 3.05) is 11.9 Å². The standard InChI is InChI=1S/C17H22N2O/c1-4-14-9-11-15(12-10-14)13(3)18-16-7-6-8-17(19-16)20-5-2/h6-13H,4-5H2,1-3H3,(H,18,19).